The van der Waals surface area contributed by atoms with Crippen LogP contribution >= 0.6 is 0 Å². The van der Waals surface area contributed by atoms with Gasteiger partial charge in [0, 0.05) is 6.42 Å². The van der Waals surface area contributed by atoms with Gasteiger partial charge in [-0.15, -0.1) is 0 Å². The fourth-order valence-electron chi connectivity index (χ4n) is 3.82. The van der Waals surface area contributed by atoms with E-state index in [0.29, 0.717) is 6.42 Å². The Balaban J connectivity index is 3.16. The Bertz CT molecular complexity index is 317. The van der Waals surface area contributed by atoms with Crippen molar-refractivity contribution in [2.24, 2.45) is 0 Å². The molecule has 0 rings (SSSR count). The normalized spacial score (nSPS) is 12.2. The Morgan fingerprint density at radius 3 is 1.39 bits per heavy atom. The Morgan fingerprint density at radius 2 is 1.00 bits per heavy atom. The van der Waals surface area contributed by atoms with E-state index in [1.165, 1.54) is 97.0 Å². The molecule has 3 heteroatoms. The summed E-state index contributed by atoms with van der Waals surface area (Å²) < 4.78 is 4.63. The molecule has 0 saturated carbocycles. The van der Waals surface area contributed by atoms with Crippen LogP contribution in [0.3, 0.4) is 0 Å². The molecule has 0 radical (unpaired) electrons. The molecular formula is C25H50O3. The van der Waals surface area contributed by atoms with E-state index in [2.05, 4.69) is 11.7 Å². The zero-order valence-electron chi connectivity index (χ0n) is 19.2. The average Bonchev–Trinajstić information content (AvgIpc) is 2.70. The number of methoxy groups -OCH3 is 1. The highest BCUT2D eigenvalue weighted by Crippen LogP contribution is 2.15. The quantitative estimate of drug-likeness (QED) is 0.150. The molecule has 0 heterocycles. The van der Waals surface area contributed by atoms with Gasteiger partial charge in [0.05, 0.1) is 13.2 Å². The second kappa shape index (κ2) is 22.7. The molecule has 0 aliphatic heterocycles. The van der Waals surface area contributed by atoms with E-state index in [9.17, 15) is 9.90 Å². The number of aliphatic hydroxyl groups excluding tert-OH is 1. The van der Waals surface area contributed by atoms with Crippen LogP contribution in [0.4, 0.5) is 0 Å². The number of hydrogen-bond acceptors (Lipinski definition) is 3. The summed E-state index contributed by atoms with van der Waals surface area (Å²) >= 11 is 0. The molecule has 1 N–H and O–H groups in total. The van der Waals surface area contributed by atoms with Gasteiger partial charge in [-0.1, -0.05) is 116 Å². The molecule has 0 aromatic heterocycles. The van der Waals surface area contributed by atoms with Crippen molar-refractivity contribution < 1.29 is 14.6 Å². The molecule has 1 unspecified atom stereocenters. The van der Waals surface area contributed by atoms with Gasteiger partial charge in [-0.3, -0.25) is 4.79 Å². The molecule has 0 aliphatic rings. The summed E-state index contributed by atoms with van der Waals surface area (Å²) in [6.07, 6.45) is 25.7. The number of aliphatic hydroxyl groups is 1. The smallest absolute Gasteiger partial charge is 0.305 e. The van der Waals surface area contributed by atoms with Crippen molar-refractivity contribution in [3.63, 3.8) is 0 Å². The van der Waals surface area contributed by atoms with Crippen LogP contribution in [0, 0.1) is 0 Å². The van der Waals surface area contributed by atoms with Gasteiger partial charge in [-0.05, 0) is 19.3 Å². The maximum Gasteiger partial charge on any atom is 0.305 e. The van der Waals surface area contributed by atoms with Crippen molar-refractivity contribution in [3.05, 3.63) is 0 Å². The summed E-state index contributed by atoms with van der Waals surface area (Å²) in [5.74, 6) is -0.113. The summed E-state index contributed by atoms with van der Waals surface area (Å²) in [7, 11) is 1.44. The van der Waals surface area contributed by atoms with E-state index in [-0.39, 0.29) is 12.1 Å². The largest absolute Gasteiger partial charge is 0.469 e. The van der Waals surface area contributed by atoms with Crippen molar-refractivity contribution in [1.29, 1.82) is 0 Å². The van der Waals surface area contributed by atoms with E-state index in [4.69, 9.17) is 0 Å². The van der Waals surface area contributed by atoms with E-state index >= 15 is 0 Å². The van der Waals surface area contributed by atoms with Gasteiger partial charge in [0.15, 0.2) is 0 Å². The predicted octanol–water partition coefficient (Wildman–Crippen LogP) is 7.73. The number of esters is 1. The van der Waals surface area contributed by atoms with Gasteiger partial charge >= 0.3 is 5.97 Å². The Kier molecular flexibility index (Phi) is 22.3. The van der Waals surface area contributed by atoms with Crippen molar-refractivity contribution >= 4 is 5.97 Å². The minimum atomic E-state index is -0.127. The molecule has 0 fully saturated rings. The molecule has 3 nitrogen and oxygen atoms in total. The summed E-state index contributed by atoms with van der Waals surface area (Å²) in [4.78, 5) is 11.0. The lowest BCUT2D eigenvalue weighted by molar-refractivity contribution is -0.140. The lowest BCUT2D eigenvalue weighted by atomic mass is 10.0. The second-order valence-corrected chi connectivity index (χ2v) is 8.57. The fraction of sp³-hybridized carbons (Fsp3) is 0.960. The van der Waals surface area contributed by atoms with Gasteiger partial charge in [-0.25, -0.2) is 0 Å². The molecule has 28 heavy (non-hydrogen) atoms. The first-order valence-electron chi connectivity index (χ1n) is 12.5. The van der Waals surface area contributed by atoms with Crippen LogP contribution in [-0.2, 0) is 9.53 Å². The molecule has 0 spiro atoms. The predicted molar refractivity (Wildman–Crippen MR) is 121 cm³/mol. The molecule has 1 atom stereocenters. The van der Waals surface area contributed by atoms with Crippen LogP contribution in [0.1, 0.15) is 142 Å². The maximum atomic E-state index is 11.0. The number of carbonyl (C=O) groups is 1. The van der Waals surface area contributed by atoms with Crippen LogP contribution in [0.25, 0.3) is 0 Å². The van der Waals surface area contributed by atoms with Crippen molar-refractivity contribution in [2.75, 3.05) is 7.11 Å². The first-order valence-corrected chi connectivity index (χ1v) is 12.5. The standard InChI is InChI=1S/C25H50O3/c1-3-4-5-6-7-8-9-10-11-12-13-14-15-18-21-24(26)22-19-16-17-20-23-25(27)28-2/h24,26H,3-23H2,1-2H3. The minimum absolute atomic E-state index is 0.113. The highest BCUT2D eigenvalue weighted by molar-refractivity contribution is 5.68. The molecule has 0 aromatic carbocycles. The Labute approximate surface area is 176 Å². The van der Waals surface area contributed by atoms with Gasteiger partial charge < -0.3 is 9.84 Å². The lowest BCUT2D eigenvalue weighted by Gasteiger charge is -2.10. The van der Waals surface area contributed by atoms with Crippen molar-refractivity contribution in [3.8, 4) is 0 Å². The Hall–Kier alpha value is -0.570. The van der Waals surface area contributed by atoms with Crippen LogP contribution in [0.2, 0.25) is 0 Å². The van der Waals surface area contributed by atoms with Gasteiger partial charge in [0.2, 0.25) is 0 Å². The van der Waals surface area contributed by atoms with Gasteiger partial charge in [0.1, 0.15) is 0 Å². The number of unbranched alkanes of at least 4 members (excludes halogenated alkanes) is 16. The maximum absolute atomic E-state index is 11.0. The summed E-state index contributed by atoms with van der Waals surface area (Å²) in [5.41, 5.74) is 0. The molecular weight excluding hydrogens is 348 g/mol. The third-order valence-corrected chi connectivity index (χ3v) is 5.79. The number of carbonyl (C=O) groups excluding carboxylic acids is 1. The Morgan fingerprint density at radius 1 is 0.643 bits per heavy atom. The second-order valence-electron chi connectivity index (χ2n) is 8.57. The SMILES string of the molecule is CCCCCCCCCCCCCCCCC(O)CCCCCCC(=O)OC. The van der Waals surface area contributed by atoms with E-state index in [1.54, 1.807) is 0 Å². The molecule has 0 amide bonds. The van der Waals surface area contributed by atoms with E-state index in [0.717, 1.165) is 38.5 Å². The van der Waals surface area contributed by atoms with E-state index in [1.807, 2.05) is 0 Å². The molecule has 0 aromatic rings. The fourth-order valence-corrected chi connectivity index (χ4v) is 3.82. The summed E-state index contributed by atoms with van der Waals surface area (Å²) in [5, 5.41) is 10.0. The molecule has 168 valence electrons. The summed E-state index contributed by atoms with van der Waals surface area (Å²) in [6, 6.07) is 0. The molecule has 0 saturated heterocycles. The zero-order valence-corrected chi connectivity index (χ0v) is 19.2. The van der Waals surface area contributed by atoms with Gasteiger partial charge in [-0.2, -0.15) is 0 Å². The third-order valence-electron chi connectivity index (χ3n) is 5.79. The number of hydrogen-bond donors (Lipinski definition) is 1. The molecule has 0 bridgehead atoms. The van der Waals surface area contributed by atoms with Crippen LogP contribution in [-0.4, -0.2) is 24.3 Å². The van der Waals surface area contributed by atoms with E-state index < -0.39 is 0 Å². The first-order chi connectivity index (χ1) is 13.7. The monoisotopic (exact) mass is 398 g/mol. The average molecular weight is 399 g/mol. The number of ether oxygens (including phenoxy) is 1. The molecule has 0 aliphatic carbocycles. The minimum Gasteiger partial charge on any atom is -0.469 e. The zero-order chi connectivity index (χ0) is 20.7. The first kappa shape index (κ1) is 27.4. The highest BCUT2D eigenvalue weighted by Gasteiger charge is 2.04. The van der Waals surface area contributed by atoms with Gasteiger partial charge in [0.25, 0.3) is 0 Å². The third kappa shape index (κ3) is 21.7. The highest BCUT2D eigenvalue weighted by atomic mass is 16.5. The van der Waals surface area contributed by atoms with Crippen LogP contribution in [0.5, 0.6) is 0 Å². The summed E-state index contributed by atoms with van der Waals surface area (Å²) in [6.45, 7) is 2.28. The van der Waals surface area contributed by atoms with Crippen molar-refractivity contribution in [1.82, 2.24) is 0 Å². The van der Waals surface area contributed by atoms with Crippen LogP contribution < -0.4 is 0 Å². The van der Waals surface area contributed by atoms with Crippen molar-refractivity contribution in [2.45, 2.75) is 148 Å². The van der Waals surface area contributed by atoms with Crippen LogP contribution in [0.15, 0.2) is 0 Å². The lowest BCUT2D eigenvalue weighted by Crippen LogP contribution is -2.06. The number of rotatable bonds is 22. The topological polar surface area (TPSA) is 46.5 Å².